The Morgan fingerprint density at radius 1 is 1.47 bits per heavy atom. The summed E-state index contributed by atoms with van der Waals surface area (Å²) in [5.74, 6) is 1.02. The molecule has 0 aliphatic carbocycles. The number of hydrogen-bond acceptors (Lipinski definition) is 4. The van der Waals surface area contributed by atoms with Gasteiger partial charge in [-0.3, -0.25) is 0 Å². The van der Waals surface area contributed by atoms with Crippen LogP contribution in [0.3, 0.4) is 0 Å². The van der Waals surface area contributed by atoms with Gasteiger partial charge in [0, 0.05) is 11.6 Å². The number of esters is 1. The Morgan fingerprint density at radius 3 is 2.82 bits per heavy atom. The number of carbonyl (C=O) groups excluding carboxylic acids is 1. The molecule has 2 heterocycles. The molecule has 0 saturated carbocycles. The number of imidazole rings is 1. The Balaban J connectivity index is 2.14. The summed E-state index contributed by atoms with van der Waals surface area (Å²) in [5.41, 5.74) is 1.23. The fourth-order valence-electron chi connectivity index (χ4n) is 2.17. The quantitative estimate of drug-likeness (QED) is 0.779. The number of piperidine rings is 1. The summed E-state index contributed by atoms with van der Waals surface area (Å²) >= 11 is 0. The van der Waals surface area contributed by atoms with Crippen LogP contribution in [0.2, 0.25) is 0 Å². The molecular formula is C12H19N3O2. The predicted molar refractivity (Wildman–Crippen MR) is 64.1 cm³/mol. The SMILES string of the molecule is CCOC(=O)c1nc(C2CCNCC2)[nH]c1C. The second-order valence-corrected chi connectivity index (χ2v) is 4.34. The van der Waals surface area contributed by atoms with Crippen molar-refractivity contribution in [3.8, 4) is 0 Å². The number of ether oxygens (including phenoxy) is 1. The molecule has 1 aromatic rings. The lowest BCUT2D eigenvalue weighted by Crippen LogP contribution is -2.27. The van der Waals surface area contributed by atoms with Gasteiger partial charge in [-0.05, 0) is 39.8 Å². The van der Waals surface area contributed by atoms with Crippen molar-refractivity contribution in [2.24, 2.45) is 0 Å². The van der Waals surface area contributed by atoms with E-state index in [-0.39, 0.29) is 5.97 Å². The van der Waals surface area contributed by atoms with Crippen LogP contribution in [0, 0.1) is 6.92 Å². The fourth-order valence-corrected chi connectivity index (χ4v) is 2.17. The maximum absolute atomic E-state index is 11.6. The molecule has 0 unspecified atom stereocenters. The average Bonchev–Trinajstić information content (AvgIpc) is 2.73. The lowest BCUT2D eigenvalue weighted by Gasteiger charge is -2.20. The van der Waals surface area contributed by atoms with Gasteiger partial charge in [0.25, 0.3) is 0 Å². The highest BCUT2D eigenvalue weighted by atomic mass is 16.5. The number of aromatic nitrogens is 2. The largest absolute Gasteiger partial charge is 0.461 e. The fraction of sp³-hybridized carbons (Fsp3) is 0.667. The zero-order chi connectivity index (χ0) is 12.3. The van der Waals surface area contributed by atoms with Gasteiger partial charge in [0.05, 0.1) is 6.61 Å². The zero-order valence-electron chi connectivity index (χ0n) is 10.4. The lowest BCUT2D eigenvalue weighted by atomic mass is 9.98. The van der Waals surface area contributed by atoms with Gasteiger partial charge in [-0.1, -0.05) is 0 Å². The van der Waals surface area contributed by atoms with Crippen molar-refractivity contribution < 1.29 is 9.53 Å². The van der Waals surface area contributed by atoms with Crippen LogP contribution < -0.4 is 5.32 Å². The number of nitrogens with zero attached hydrogens (tertiary/aromatic N) is 1. The monoisotopic (exact) mass is 237 g/mol. The topological polar surface area (TPSA) is 67.0 Å². The molecule has 5 heteroatoms. The van der Waals surface area contributed by atoms with Crippen molar-refractivity contribution >= 4 is 5.97 Å². The Kier molecular flexibility index (Phi) is 3.78. The van der Waals surface area contributed by atoms with E-state index < -0.39 is 0 Å². The highest BCUT2D eigenvalue weighted by Gasteiger charge is 2.22. The minimum Gasteiger partial charge on any atom is -0.461 e. The van der Waals surface area contributed by atoms with E-state index in [4.69, 9.17) is 4.74 Å². The van der Waals surface area contributed by atoms with E-state index in [2.05, 4.69) is 15.3 Å². The van der Waals surface area contributed by atoms with E-state index >= 15 is 0 Å². The van der Waals surface area contributed by atoms with E-state index in [1.54, 1.807) is 6.92 Å². The molecule has 1 fully saturated rings. The molecule has 0 radical (unpaired) electrons. The van der Waals surface area contributed by atoms with Crippen molar-refractivity contribution in [1.29, 1.82) is 0 Å². The normalized spacial score (nSPS) is 17.1. The number of H-pyrrole nitrogens is 1. The lowest BCUT2D eigenvalue weighted by molar-refractivity contribution is 0.0519. The minimum atomic E-state index is -0.332. The Bertz CT molecular complexity index is 394. The molecule has 0 aromatic carbocycles. The summed E-state index contributed by atoms with van der Waals surface area (Å²) in [7, 11) is 0. The van der Waals surface area contributed by atoms with Crippen LogP contribution in [0.5, 0.6) is 0 Å². The van der Waals surface area contributed by atoms with Gasteiger partial charge in [-0.2, -0.15) is 0 Å². The Labute approximate surface area is 101 Å². The van der Waals surface area contributed by atoms with Gasteiger partial charge in [0.2, 0.25) is 0 Å². The number of rotatable bonds is 3. The average molecular weight is 237 g/mol. The second kappa shape index (κ2) is 5.31. The van der Waals surface area contributed by atoms with Gasteiger partial charge < -0.3 is 15.0 Å². The number of aryl methyl sites for hydroxylation is 1. The molecule has 1 aliphatic rings. The summed E-state index contributed by atoms with van der Waals surface area (Å²) in [4.78, 5) is 19.3. The zero-order valence-corrected chi connectivity index (χ0v) is 10.4. The molecule has 0 bridgehead atoms. The molecule has 17 heavy (non-hydrogen) atoms. The summed E-state index contributed by atoms with van der Waals surface area (Å²) in [6.45, 7) is 6.07. The predicted octanol–water partition coefficient (Wildman–Crippen LogP) is 1.36. The standard InChI is InChI=1S/C12H19N3O2/c1-3-17-12(16)10-8(2)14-11(15-10)9-4-6-13-7-5-9/h9,13H,3-7H2,1-2H3,(H,14,15). The van der Waals surface area contributed by atoms with Crippen LogP contribution in [-0.2, 0) is 4.74 Å². The van der Waals surface area contributed by atoms with E-state index in [1.807, 2.05) is 6.92 Å². The van der Waals surface area contributed by atoms with Gasteiger partial charge in [-0.25, -0.2) is 9.78 Å². The molecule has 0 atom stereocenters. The van der Waals surface area contributed by atoms with E-state index in [9.17, 15) is 4.79 Å². The molecule has 1 aliphatic heterocycles. The van der Waals surface area contributed by atoms with Crippen molar-refractivity contribution in [2.45, 2.75) is 32.6 Å². The number of nitrogens with one attached hydrogen (secondary N) is 2. The molecule has 1 aromatic heterocycles. The molecule has 2 rings (SSSR count). The smallest absolute Gasteiger partial charge is 0.358 e. The first kappa shape index (κ1) is 12.1. The van der Waals surface area contributed by atoms with E-state index in [0.717, 1.165) is 37.4 Å². The third-order valence-corrected chi connectivity index (χ3v) is 3.10. The van der Waals surface area contributed by atoms with Crippen LogP contribution in [0.25, 0.3) is 0 Å². The summed E-state index contributed by atoms with van der Waals surface area (Å²) in [6, 6.07) is 0. The summed E-state index contributed by atoms with van der Waals surface area (Å²) < 4.78 is 4.98. The Morgan fingerprint density at radius 2 is 2.18 bits per heavy atom. The third kappa shape index (κ3) is 2.66. The highest BCUT2D eigenvalue weighted by molar-refractivity contribution is 5.88. The molecule has 0 spiro atoms. The van der Waals surface area contributed by atoms with Gasteiger partial charge >= 0.3 is 5.97 Å². The first-order valence-corrected chi connectivity index (χ1v) is 6.16. The summed E-state index contributed by atoms with van der Waals surface area (Å²) in [5, 5.41) is 3.32. The number of aromatic amines is 1. The second-order valence-electron chi connectivity index (χ2n) is 4.34. The van der Waals surface area contributed by atoms with E-state index in [1.165, 1.54) is 0 Å². The molecule has 1 saturated heterocycles. The van der Waals surface area contributed by atoms with E-state index in [0.29, 0.717) is 18.2 Å². The van der Waals surface area contributed by atoms with Crippen molar-refractivity contribution in [1.82, 2.24) is 15.3 Å². The van der Waals surface area contributed by atoms with Crippen LogP contribution in [0.15, 0.2) is 0 Å². The Hall–Kier alpha value is -1.36. The maximum Gasteiger partial charge on any atom is 0.358 e. The molecule has 94 valence electrons. The highest BCUT2D eigenvalue weighted by Crippen LogP contribution is 2.23. The molecule has 0 amide bonds. The molecule has 5 nitrogen and oxygen atoms in total. The van der Waals surface area contributed by atoms with Crippen LogP contribution in [0.1, 0.15) is 47.7 Å². The first-order valence-electron chi connectivity index (χ1n) is 6.16. The van der Waals surface area contributed by atoms with Crippen LogP contribution in [-0.4, -0.2) is 35.6 Å². The van der Waals surface area contributed by atoms with Crippen molar-refractivity contribution in [2.75, 3.05) is 19.7 Å². The van der Waals surface area contributed by atoms with Gasteiger partial charge in [-0.15, -0.1) is 0 Å². The minimum absolute atomic E-state index is 0.332. The van der Waals surface area contributed by atoms with Crippen molar-refractivity contribution in [3.05, 3.63) is 17.2 Å². The van der Waals surface area contributed by atoms with Crippen LogP contribution in [0.4, 0.5) is 0 Å². The number of carbonyl (C=O) groups is 1. The maximum atomic E-state index is 11.6. The van der Waals surface area contributed by atoms with Crippen LogP contribution >= 0.6 is 0 Å². The van der Waals surface area contributed by atoms with Gasteiger partial charge in [0.1, 0.15) is 5.82 Å². The van der Waals surface area contributed by atoms with Crippen molar-refractivity contribution in [3.63, 3.8) is 0 Å². The summed E-state index contributed by atoms with van der Waals surface area (Å²) in [6.07, 6.45) is 2.13. The molecule has 2 N–H and O–H groups in total. The number of hydrogen-bond donors (Lipinski definition) is 2. The van der Waals surface area contributed by atoms with Gasteiger partial charge in [0.15, 0.2) is 5.69 Å². The first-order chi connectivity index (χ1) is 8.22. The molecular weight excluding hydrogens is 218 g/mol. The third-order valence-electron chi connectivity index (χ3n) is 3.10.